The molecule has 2 aromatic carbocycles. The van der Waals surface area contributed by atoms with Gasteiger partial charge in [0, 0.05) is 85.8 Å². The van der Waals surface area contributed by atoms with Gasteiger partial charge in [-0.1, -0.05) is 53.5 Å². The number of nitrogens with one attached hydrogen (secondary N) is 5. The van der Waals surface area contributed by atoms with Gasteiger partial charge in [-0.25, -0.2) is 0 Å². The van der Waals surface area contributed by atoms with Crippen molar-refractivity contribution < 1.29 is 19.1 Å². The molecule has 0 unspecified atom stereocenters. The molecule has 0 bridgehead atoms. The fraction of sp³-hybridized carbons (Fsp3) is 0.306. The number of ether oxygens (including phenoxy) is 1. The van der Waals surface area contributed by atoms with Crippen molar-refractivity contribution in [3.63, 3.8) is 0 Å². The maximum Gasteiger partial charge on any atom is 0.274 e. The number of nitrogens with zero attached hydrogens (tertiary/aromatic N) is 2. The second-order valence-electron chi connectivity index (χ2n) is 12.1. The van der Waals surface area contributed by atoms with Gasteiger partial charge in [-0.2, -0.15) is 0 Å². The molecule has 11 nitrogen and oxygen atoms in total. The third-order valence-electron chi connectivity index (χ3n) is 8.64. The van der Waals surface area contributed by atoms with Gasteiger partial charge in [-0.05, 0) is 42.7 Å². The van der Waals surface area contributed by atoms with Gasteiger partial charge < -0.3 is 31.3 Å². The van der Waals surface area contributed by atoms with Crippen molar-refractivity contribution in [1.82, 2.24) is 31.2 Å². The SMILES string of the molecule is COc1cc(-c2nccc(-c3cccc(NC(=O)c4ccc(CNC[C@@H]5CCC(=O)N5)cn4)c3Cl)c2Cl)ccc1CNC[C@@H]1CCC(=O)N1. The van der Waals surface area contributed by atoms with E-state index in [0.717, 1.165) is 29.5 Å². The monoisotopic (exact) mass is 701 g/mol. The highest BCUT2D eigenvalue weighted by Gasteiger charge is 2.22. The van der Waals surface area contributed by atoms with Crippen molar-refractivity contribution in [2.24, 2.45) is 0 Å². The van der Waals surface area contributed by atoms with E-state index in [1.54, 1.807) is 43.8 Å². The Morgan fingerprint density at radius 3 is 2.24 bits per heavy atom. The van der Waals surface area contributed by atoms with E-state index in [1.165, 1.54) is 0 Å². The van der Waals surface area contributed by atoms with E-state index in [0.29, 0.717) is 77.3 Å². The van der Waals surface area contributed by atoms with E-state index in [1.807, 2.05) is 30.3 Å². The minimum Gasteiger partial charge on any atom is -0.496 e. The molecule has 2 saturated heterocycles. The molecule has 254 valence electrons. The third-order valence-corrected chi connectivity index (χ3v) is 9.43. The van der Waals surface area contributed by atoms with Crippen molar-refractivity contribution in [2.45, 2.75) is 50.9 Å². The molecule has 2 aliphatic rings. The molecule has 2 aliphatic heterocycles. The highest BCUT2D eigenvalue weighted by atomic mass is 35.5. The van der Waals surface area contributed by atoms with Crippen LogP contribution < -0.4 is 31.3 Å². The summed E-state index contributed by atoms with van der Waals surface area (Å²) in [4.78, 5) is 44.9. The number of carbonyl (C=O) groups is 3. The Hall–Kier alpha value is -4.55. The number of aromatic nitrogens is 2. The molecule has 2 fully saturated rings. The maximum atomic E-state index is 13.1. The smallest absolute Gasteiger partial charge is 0.274 e. The zero-order valence-corrected chi connectivity index (χ0v) is 28.5. The molecule has 6 rings (SSSR count). The predicted octanol–water partition coefficient (Wildman–Crippen LogP) is 5.11. The standard InChI is InChI=1S/C36H37Cl2N7O4/c1-49-30-15-22(6-7-23(30)18-40-20-25-9-12-32(47)44-25)35-34(38)27(13-14-41-35)26-3-2-4-28(33(26)37)45-36(48)29-10-5-21(17-42-29)16-39-19-24-8-11-31(46)43-24/h2-7,10,13-15,17,24-25,39-40H,8-9,11-12,16,18-20H2,1H3,(H,43,46)(H,44,47)(H,45,48)/t24-,25-/m0/s1. The summed E-state index contributed by atoms with van der Waals surface area (Å²) in [5, 5.41) is 16.2. The van der Waals surface area contributed by atoms with Crippen LogP contribution in [-0.2, 0) is 22.7 Å². The number of rotatable bonds is 13. The van der Waals surface area contributed by atoms with Crippen LogP contribution in [0.5, 0.6) is 5.75 Å². The minimum atomic E-state index is -0.400. The highest BCUT2D eigenvalue weighted by Crippen LogP contribution is 2.41. The first-order chi connectivity index (χ1) is 23.8. The van der Waals surface area contributed by atoms with E-state index in [9.17, 15) is 14.4 Å². The van der Waals surface area contributed by atoms with Crippen LogP contribution in [-0.4, -0.2) is 60.0 Å². The quantitative estimate of drug-likeness (QED) is 0.129. The van der Waals surface area contributed by atoms with Crippen LogP contribution in [0.1, 0.15) is 47.3 Å². The highest BCUT2D eigenvalue weighted by molar-refractivity contribution is 6.39. The van der Waals surface area contributed by atoms with Gasteiger partial charge in [-0.3, -0.25) is 24.4 Å². The third kappa shape index (κ3) is 8.37. The molecule has 4 aromatic rings. The van der Waals surface area contributed by atoms with Gasteiger partial charge in [0.1, 0.15) is 11.4 Å². The molecule has 49 heavy (non-hydrogen) atoms. The zero-order valence-electron chi connectivity index (χ0n) is 26.9. The van der Waals surface area contributed by atoms with Crippen molar-refractivity contribution >= 4 is 46.6 Å². The molecule has 2 atom stereocenters. The fourth-order valence-corrected chi connectivity index (χ4v) is 6.61. The number of anilines is 1. The average Bonchev–Trinajstić information content (AvgIpc) is 3.73. The summed E-state index contributed by atoms with van der Waals surface area (Å²) < 4.78 is 5.69. The first-order valence-electron chi connectivity index (χ1n) is 16.2. The van der Waals surface area contributed by atoms with Gasteiger partial charge in [0.05, 0.1) is 28.5 Å². The molecule has 0 saturated carbocycles. The molecular formula is C36H37Cl2N7O4. The lowest BCUT2D eigenvalue weighted by molar-refractivity contribution is -0.120. The van der Waals surface area contributed by atoms with Crippen molar-refractivity contribution in [3.8, 4) is 28.1 Å². The fourth-order valence-electron chi connectivity index (χ4n) is 6.01. The molecule has 0 radical (unpaired) electrons. The summed E-state index contributed by atoms with van der Waals surface area (Å²) in [6, 6.07) is 16.7. The van der Waals surface area contributed by atoms with Crippen LogP contribution in [0.2, 0.25) is 10.0 Å². The minimum absolute atomic E-state index is 0.0871. The van der Waals surface area contributed by atoms with Gasteiger partial charge in [0.25, 0.3) is 5.91 Å². The van der Waals surface area contributed by atoms with Crippen LogP contribution in [0.25, 0.3) is 22.4 Å². The lowest BCUT2D eigenvalue weighted by Crippen LogP contribution is -2.35. The first-order valence-corrected chi connectivity index (χ1v) is 16.9. The van der Waals surface area contributed by atoms with E-state index < -0.39 is 5.91 Å². The van der Waals surface area contributed by atoms with Crippen LogP contribution >= 0.6 is 23.2 Å². The number of pyridine rings is 2. The number of hydrogen-bond acceptors (Lipinski definition) is 8. The molecule has 0 aliphatic carbocycles. The summed E-state index contributed by atoms with van der Waals surface area (Å²) in [5.41, 5.74) is 5.16. The van der Waals surface area contributed by atoms with Crippen molar-refractivity contribution in [1.29, 1.82) is 0 Å². The molecular weight excluding hydrogens is 665 g/mol. The summed E-state index contributed by atoms with van der Waals surface area (Å²) in [6.07, 6.45) is 6.11. The Balaban J connectivity index is 1.12. The van der Waals surface area contributed by atoms with E-state index in [2.05, 4.69) is 36.6 Å². The normalized spacial score (nSPS) is 17.1. The summed E-state index contributed by atoms with van der Waals surface area (Å²) >= 11 is 13.8. The zero-order chi connectivity index (χ0) is 34.3. The number of carbonyl (C=O) groups excluding carboxylic acids is 3. The van der Waals surface area contributed by atoms with Crippen LogP contribution in [0, 0.1) is 0 Å². The number of amides is 3. The number of benzene rings is 2. The molecule has 0 spiro atoms. The Morgan fingerprint density at radius 1 is 0.878 bits per heavy atom. The van der Waals surface area contributed by atoms with Crippen LogP contribution in [0.3, 0.4) is 0 Å². The Morgan fingerprint density at radius 2 is 1.59 bits per heavy atom. The first kappa shape index (κ1) is 34.3. The van der Waals surface area contributed by atoms with Crippen molar-refractivity contribution in [3.05, 3.63) is 93.9 Å². The lowest BCUT2D eigenvalue weighted by Gasteiger charge is -2.16. The molecule has 3 amide bonds. The molecule has 5 N–H and O–H groups in total. The number of hydrogen-bond donors (Lipinski definition) is 5. The average molecular weight is 703 g/mol. The summed E-state index contributed by atoms with van der Waals surface area (Å²) in [7, 11) is 1.62. The lowest BCUT2D eigenvalue weighted by atomic mass is 10.0. The summed E-state index contributed by atoms with van der Waals surface area (Å²) in [6.45, 7) is 2.50. The Bertz CT molecular complexity index is 1850. The van der Waals surface area contributed by atoms with E-state index >= 15 is 0 Å². The number of halogens is 2. The van der Waals surface area contributed by atoms with Gasteiger partial charge in [0.15, 0.2) is 0 Å². The Kier molecular flexibility index (Phi) is 11.0. The van der Waals surface area contributed by atoms with Gasteiger partial charge in [0.2, 0.25) is 11.8 Å². The molecule has 13 heteroatoms. The molecule has 2 aromatic heterocycles. The Labute approximate surface area is 294 Å². The topological polar surface area (TPSA) is 146 Å². The second kappa shape index (κ2) is 15.8. The summed E-state index contributed by atoms with van der Waals surface area (Å²) in [5.74, 6) is 0.464. The van der Waals surface area contributed by atoms with Gasteiger partial charge >= 0.3 is 0 Å². The maximum absolute atomic E-state index is 13.1. The van der Waals surface area contributed by atoms with Gasteiger partial charge in [-0.15, -0.1) is 0 Å². The van der Waals surface area contributed by atoms with Crippen molar-refractivity contribution in [2.75, 3.05) is 25.5 Å². The second-order valence-corrected chi connectivity index (χ2v) is 12.8. The van der Waals surface area contributed by atoms with Crippen LogP contribution in [0.15, 0.2) is 67.0 Å². The number of methoxy groups -OCH3 is 1. The predicted molar refractivity (Wildman–Crippen MR) is 190 cm³/mol. The van der Waals surface area contributed by atoms with Crippen LogP contribution in [0.4, 0.5) is 5.69 Å². The van der Waals surface area contributed by atoms with E-state index in [4.69, 9.17) is 27.9 Å². The molecule has 4 heterocycles. The largest absolute Gasteiger partial charge is 0.496 e. The van der Waals surface area contributed by atoms with E-state index in [-0.39, 0.29) is 29.6 Å².